The van der Waals surface area contributed by atoms with E-state index in [2.05, 4.69) is 70.4 Å². The van der Waals surface area contributed by atoms with Crippen LogP contribution in [0.25, 0.3) is 0 Å². The summed E-state index contributed by atoms with van der Waals surface area (Å²) >= 11 is 9.82. The third-order valence-corrected chi connectivity index (χ3v) is 6.17. The van der Waals surface area contributed by atoms with Crippen molar-refractivity contribution in [3.63, 3.8) is 0 Å². The molecular formula is C26H40BrClN4O. The average Bonchev–Trinajstić information content (AvgIpc) is 2.95. The smallest absolute Gasteiger partial charge is 0.102 e. The van der Waals surface area contributed by atoms with Crippen LogP contribution in [0.15, 0.2) is 34.9 Å². The molecule has 33 heavy (non-hydrogen) atoms. The largest absolute Gasteiger partial charge is 0.379 e. The fraction of sp³-hybridized carbons (Fsp3) is 0.577. The van der Waals surface area contributed by atoms with Crippen molar-refractivity contribution in [2.24, 2.45) is 0 Å². The number of hydrogen-bond donors (Lipinski definition) is 3. The van der Waals surface area contributed by atoms with Gasteiger partial charge in [0.2, 0.25) is 0 Å². The molecule has 2 aromatic rings. The Bertz CT molecular complexity index is 790. The zero-order valence-electron chi connectivity index (χ0n) is 20.5. The second kappa shape index (κ2) is 15.1. The van der Waals surface area contributed by atoms with E-state index in [-0.39, 0.29) is 12.3 Å². The first kappa shape index (κ1) is 28.2. The summed E-state index contributed by atoms with van der Waals surface area (Å²) in [6.45, 7) is 13.1. The maximum atomic E-state index is 8.57. The van der Waals surface area contributed by atoms with E-state index in [1.54, 1.807) is 6.92 Å². The Kier molecular flexibility index (Phi) is 12.9. The number of nitrogens with one attached hydrogen (secondary N) is 2. The van der Waals surface area contributed by atoms with Crippen LogP contribution in [-0.4, -0.2) is 53.9 Å². The van der Waals surface area contributed by atoms with Gasteiger partial charge in [-0.15, -0.1) is 0 Å². The standard InChI is InChI=1S/C18H19BrClN3.C5H13NO.C3H8/c19-14-9-13-2-1-12-10-15(20)3-4-16(12)18(17(13)22-11-14)23-7-5-21-6-8-23;1-3-4-6-5(2)7;1-3-2/h3-4,9-11,18,21H,1-2,5-8H2;5-7H,3-4H2,1-2H3;3H2,1-2H3. The van der Waals surface area contributed by atoms with Crippen molar-refractivity contribution in [2.75, 3.05) is 32.7 Å². The van der Waals surface area contributed by atoms with Gasteiger partial charge in [-0.25, -0.2) is 0 Å². The molecule has 184 valence electrons. The fourth-order valence-corrected chi connectivity index (χ4v) is 4.65. The van der Waals surface area contributed by atoms with Crippen molar-refractivity contribution in [1.82, 2.24) is 20.5 Å². The Labute approximate surface area is 213 Å². The van der Waals surface area contributed by atoms with Crippen LogP contribution in [0.2, 0.25) is 5.02 Å². The summed E-state index contributed by atoms with van der Waals surface area (Å²) in [6.07, 6.45) is 5.93. The first-order chi connectivity index (χ1) is 15.9. The van der Waals surface area contributed by atoms with Crippen molar-refractivity contribution >= 4 is 27.5 Å². The molecular weight excluding hydrogens is 500 g/mol. The SMILES string of the molecule is CCC.CCCNC(C)O.Clc1ccc2c(c1)CCc1cc(Br)cnc1C2N1CCNCC1. The number of aliphatic hydroxyl groups excluding tert-OH is 1. The van der Waals surface area contributed by atoms with E-state index in [1.165, 1.54) is 28.8 Å². The summed E-state index contributed by atoms with van der Waals surface area (Å²) in [6, 6.07) is 8.80. The summed E-state index contributed by atoms with van der Waals surface area (Å²) in [7, 11) is 0. The summed E-state index contributed by atoms with van der Waals surface area (Å²) in [5.41, 5.74) is 5.27. The van der Waals surface area contributed by atoms with Gasteiger partial charge in [0.15, 0.2) is 0 Å². The molecule has 0 amide bonds. The molecule has 2 aliphatic rings. The zero-order chi connectivity index (χ0) is 24.2. The number of pyridine rings is 1. The molecule has 1 fully saturated rings. The number of nitrogens with zero attached hydrogens (tertiary/aromatic N) is 2. The molecule has 1 aromatic heterocycles. The van der Waals surface area contributed by atoms with Crippen molar-refractivity contribution in [3.8, 4) is 0 Å². The van der Waals surface area contributed by atoms with Crippen LogP contribution in [0.4, 0.5) is 0 Å². The van der Waals surface area contributed by atoms with Gasteiger partial charge in [0.05, 0.1) is 11.7 Å². The maximum Gasteiger partial charge on any atom is 0.102 e. The second-order valence-corrected chi connectivity index (χ2v) is 9.92. The van der Waals surface area contributed by atoms with Crippen LogP contribution in [0.1, 0.15) is 69.0 Å². The minimum absolute atomic E-state index is 0.231. The van der Waals surface area contributed by atoms with E-state index in [4.69, 9.17) is 21.7 Å². The highest BCUT2D eigenvalue weighted by Gasteiger charge is 2.30. The van der Waals surface area contributed by atoms with Gasteiger partial charge in [0.1, 0.15) is 6.23 Å². The first-order valence-corrected chi connectivity index (χ1v) is 13.4. The molecule has 7 heteroatoms. The fourth-order valence-electron chi connectivity index (χ4n) is 4.08. The van der Waals surface area contributed by atoms with Crippen LogP contribution < -0.4 is 10.6 Å². The van der Waals surface area contributed by atoms with Gasteiger partial charge in [0.25, 0.3) is 0 Å². The highest BCUT2D eigenvalue weighted by atomic mass is 79.9. The highest BCUT2D eigenvalue weighted by molar-refractivity contribution is 9.10. The van der Waals surface area contributed by atoms with Crippen molar-refractivity contribution in [2.45, 2.75) is 65.6 Å². The Morgan fingerprint density at radius 1 is 1.18 bits per heavy atom. The highest BCUT2D eigenvalue weighted by Crippen LogP contribution is 2.37. The van der Waals surface area contributed by atoms with Gasteiger partial charge in [0, 0.05) is 41.9 Å². The molecule has 0 radical (unpaired) electrons. The molecule has 5 nitrogen and oxygen atoms in total. The monoisotopic (exact) mass is 538 g/mol. The molecule has 0 saturated carbocycles. The molecule has 0 spiro atoms. The van der Waals surface area contributed by atoms with Crippen molar-refractivity contribution < 1.29 is 5.11 Å². The van der Waals surface area contributed by atoms with E-state index < -0.39 is 0 Å². The lowest BCUT2D eigenvalue weighted by molar-refractivity contribution is 0.157. The molecule has 3 N–H and O–H groups in total. The van der Waals surface area contributed by atoms with Crippen LogP contribution in [0.3, 0.4) is 0 Å². The zero-order valence-corrected chi connectivity index (χ0v) is 22.8. The first-order valence-electron chi connectivity index (χ1n) is 12.2. The van der Waals surface area contributed by atoms with Crippen molar-refractivity contribution in [1.29, 1.82) is 0 Å². The van der Waals surface area contributed by atoms with E-state index in [1.807, 2.05) is 12.3 Å². The Morgan fingerprint density at radius 2 is 1.85 bits per heavy atom. The van der Waals surface area contributed by atoms with Crippen molar-refractivity contribution in [3.05, 3.63) is 62.3 Å². The third-order valence-electron chi connectivity index (χ3n) is 5.50. The normalized spacial score (nSPS) is 18.5. The minimum Gasteiger partial charge on any atom is -0.379 e. The molecule has 2 atom stereocenters. The lowest BCUT2D eigenvalue weighted by atomic mass is 9.96. The number of piperazine rings is 1. The maximum absolute atomic E-state index is 8.57. The molecule has 1 aliphatic heterocycles. The average molecular weight is 540 g/mol. The number of hydrogen-bond acceptors (Lipinski definition) is 5. The molecule has 1 aliphatic carbocycles. The molecule has 1 aromatic carbocycles. The van der Waals surface area contributed by atoms with Crippen LogP contribution in [0.5, 0.6) is 0 Å². The number of aromatic nitrogens is 1. The molecule has 0 bridgehead atoms. The van der Waals surface area contributed by atoms with Gasteiger partial charge in [-0.1, -0.05) is 44.9 Å². The second-order valence-electron chi connectivity index (χ2n) is 8.57. The Hall–Kier alpha value is -1.02. The lowest BCUT2D eigenvalue weighted by Crippen LogP contribution is -2.45. The Morgan fingerprint density at radius 3 is 2.45 bits per heavy atom. The van der Waals surface area contributed by atoms with E-state index in [0.717, 1.165) is 61.5 Å². The van der Waals surface area contributed by atoms with Gasteiger partial charge < -0.3 is 10.4 Å². The third kappa shape index (κ3) is 8.93. The quantitative estimate of drug-likeness (QED) is 0.458. The number of fused-ring (bicyclic) bond motifs is 2. The molecule has 1 saturated heterocycles. The van der Waals surface area contributed by atoms with Crippen LogP contribution in [-0.2, 0) is 12.8 Å². The summed E-state index contributed by atoms with van der Waals surface area (Å²) in [5.74, 6) is 0. The van der Waals surface area contributed by atoms with E-state index in [9.17, 15) is 0 Å². The summed E-state index contributed by atoms with van der Waals surface area (Å²) < 4.78 is 1.05. The Balaban J connectivity index is 0.000000328. The van der Waals surface area contributed by atoms with Gasteiger partial charge in [-0.2, -0.15) is 0 Å². The topological polar surface area (TPSA) is 60.4 Å². The van der Waals surface area contributed by atoms with E-state index >= 15 is 0 Å². The molecule has 2 heterocycles. The van der Waals surface area contributed by atoms with Gasteiger partial charge in [-0.05, 0) is 83.6 Å². The summed E-state index contributed by atoms with van der Waals surface area (Å²) in [4.78, 5) is 7.36. The number of halogens is 2. The summed E-state index contributed by atoms with van der Waals surface area (Å²) in [5, 5.41) is 15.7. The van der Waals surface area contributed by atoms with Crippen LogP contribution >= 0.6 is 27.5 Å². The lowest BCUT2D eigenvalue weighted by Gasteiger charge is -2.35. The van der Waals surface area contributed by atoms with Gasteiger partial charge in [-0.3, -0.25) is 15.2 Å². The van der Waals surface area contributed by atoms with Crippen LogP contribution in [0, 0.1) is 0 Å². The van der Waals surface area contributed by atoms with E-state index in [0.29, 0.717) is 0 Å². The predicted octanol–water partition coefficient (Wildman–Crippen LogP) is 5.33. The number of aliphatic hydroxyl groups is 1. The predicted molar refractivity (Wildman–Crippen MR) is 143 cm³/mol. The minimum atomic E-state index is -0.347. The van der Waals surface area contributed by atoms with Gasteiger partial charge >= 0.3 is 0 Å². The number of benzene rings is 1. The molecule has 2 unspecified atom stereocenters. The molecule has 4 rings (SSSR count). The number of rotatable bonds is 4. The number of aryl methyl sites for hydroxylation is 2.